The van der Waals surface area contributed by atoms with Crippen LogP contribution in [0.2, 0.25) is 0 Å². The Hall–Kier alpha value is -3.25. The van der Waals surface area contributed by atoms with E-state index in [4.69, 9.17) is 5.73 Å². The molecule has 0 spiro atoms. The predicted molar refractivity (Wildman–Crippen MR) is 139 cm³/mol. The minimum Gasteiger partial charge on any atom is -0.508 e. The molecule has 1 saturated heterocycles. The van der Waals surface area contributed by atoms with E-state index in [2.05, 4.69) is 4.90 Å². The molecule has 0 bridgehead atoms. The van der Waals surface area contributed by atoms with Crippen LogP contribution in [0.15, 0.2) is 29.0 Å². The first-order valence-corrected chi connectivity index (χ1v) is 13.2. The maximum absolute atomic E-state index is 14.0. The van der Waals surface area contributed by atoms with Crippen LogP contribution in [0.25, 0.3) is 5.76 Å². The fourth-order valence-electron chi connectivity index (χ4n) is 7.15. The zero-order chi connectivity index (χ0) is 28.5. The first-order valence-electron chi connectivity index (χ1n) is 13.2. The molecule has 6 atom stereocenters. The molecule has 0 radical (unpaired) electrons. The third-order valence-corrected chi connectivity index (χ3v) is 9.06. The van der Waals surface area contributed by atoms with Crippen LogP contribution < -0.4 is 5.73 Å². The number of benzene rings is 1. The van der Waals surface area contributed by atoms with Gasteiger partial charge in [-0.15, -0.1) is 0 Å². The molecule has 11 nitrogen and oxygen atoms in total. The van der Waals surface area contributed by atoms with Crippen molar-refractivity contribution < 1.29 is 39.9 Å². The number of aliphatic hydroxyl groups excluding tert-OH is 3. The lowest BCUT2D eigenvalue weighted by atomic mass is 9.54. The van der Waals surface area contributed by atoms with Gasteiger partial charge in [0.05, 0.1) is 23.6 Å². The quantitative estimate of drug-likeness (QED) is 0.293. The molecule has 1 aromatic rings. The molecular formula is C28H35N3O8. The van der Waals surface area contributed by atoms with Gasteiger partial charge in [0.1, 0.15) is 22.8 Å². The van der Waals surface area contributed by atoms with E-state index in [1.165, 1.54) is 19.0 Å². The fourth-order valence-corrected chi connectivity index (χ4v) is 7.15. The van der Waals surface area contributed by atoms with Gasteiger partial charge in [0, 0.05) is 23.6 Å². The van der Waals surface area contributed by atoms with Crippen LogP contribution >= 0.6 is 0 Å². The number of Topliss-reactive ketones (excluding diaryl/α,β-unsaturated/α-hetero) is 2. The topological polar surface area (TPSA) is 185 Å². The number of phenols is 1. The van der Waals surface area contributed by atoms with Crippen molar-refractivity contribution in [2.24, 2.45) is 17.6 Å². The Kier molecular flexibility index (Phi) is 6.61. The van der Waals surface area contributed by atoms with Crippen molar-refractivity contribution in [1.82, 2.24) is 9.80 Å². The molecule has 0 unspecified atom stereocenters. The van der Waals surface area contributed by atoms with Gasteiger partial charge in [-0.05, 0) is 51.5 Å². The maximum Gasteiger partial charge on any atom is 0.255 e. The Labute approximate surface area is 225 Å². The second-order valence-electron chi connectivity index (χ2n) is 11.4. The van der Waals surface area contributed by atoms with Crippen LogP contribution in [-0.4, -0.2) is 97.7 Å². The summed E-state index contributed by atoms with van der Waals surface area (Å²) in [5, 5.41) is 57.1. The van der Waals surface area contributed by atoms with Crippen molar-refractivity contribution >= 4 is 23.2 Å². The molecule has 11 heteroatoms. The number of fused-ring (bicyclic) bond motifs is 3. The van der Waals surface area contributed by atoms with Crippen molar-refractivity contribution in [3.63, 3.8) is 0 Å². The van der Waals surface area contributed by atoms with Crippen LogP contribution in [-0.2, 0) is 20.9 Å². The largest absolute Gasteiger partial charge is 0.508 e. The van der Waals surface area contributed by atoms with Crippen molar-refractivity contribution in [3.05, 3.63) is 45.7 Å². The summed E-state index contributed by atoms with van der Waals surface area (Å²) < 4.78 is 0. The standard InChI is InChI=1S/C28H35N3O8/c1-12-14-8-7-13(11-31-9-5-4-6-10-31)21(32)16(14)22(33)17-15(12)23(34)19-20(30(2)3)24(35)18(27(29)38)26(37)28(19,39)25(17)36/h7-8,12,15,19-20,23,32-34,37,39H,4-6,9-11H2,1-3H3,(H2,29,38)/t12-,15+,19+,20-,23-,28-/m1/s1. The van der Waals surface area contributed by atoms with E-state index in [-0.39, 0.29) is 16.9 Å². The Balaban J connectivity index is 1.69. The number of rotatable bonds is 4. The summed E-state index contributed by atoms with van der Waals surface area (Å²) in [7, 11) is 2.96. The van der Waals surface area contributed by atoms with Crippen LogP contribution in [0.5, 0.6) is 5.75 Å². The Morgan fingerprint density at radius 1 is 1.13 bits per heavy atom. The number of carbonyl (C=O) groups is 3. The summed E-state index contributed by atoms with van der Waals surface area (Å²) in [5.74, 6) is -8.73. The molecule has 4 aliphatic rings. The minimum atomic E-state index is -2.91. The lowest BCUT2D eigenvalue weighted by Crippen LogP contribution is -2.70. The Bertz CT molecular complexity index is 1330. The molecule has 2 fully saturated rings. The van der Waals surface area contributed by atoms with E-state index >= 15 is 0 Å². The van der Waals surface area contributed by atoms with E-state index < -0.39 is 70.1 Å². The minimum absolute atomic E-state index is 0.0282. The van der Waals surface area contributed by atoms with E-state index in [1.54, 1.807) is 19.1 Å². The lowest BCUT2D eigenvalue weighted by molar-refractivity contribution is -0.169. The fraction of sp³-hybridized carbons (Fsp3) is 0.536. The van der Waals surface area contributed by atoms with E-state index in [0.717, 1.165) is 32.4 Å². The number of piperidine rings is 1. The maximum atomic E-state index is 14.0. The van der Waals surface area contributed by atoms with Gasteiger partial charge in [-0.25, -0.2) is 0 Å². The number of hydrogen-bond acceptors (Lipinski definition) is 10. The first kappa shape index (κ1) is 27.3. The number of likely N-dealkylation sites (tertiary alicyclic amines) is 1. The number of nitrogens with two attached hydrogens (primary N) is 1. The van der Waals surface area contributed by atoms with Crippen molar-refractivity contribution in [1.29, 1.82) is 0 Å². The summed E-state index contributed by atoms with van der Waals surface area (Å²) in [5.41, 5.74) is 2.22. The second kappa shape index (κ2) is 9.44. The molecule has 7 N–H and O–H groups in total. The van der Waals surface area contributed by atoms with E-state index in [1.807, 2.05) is 0 Å². The molecule has 1 saturated carbocycles. The summed E-state index contributed by atoms with van der Waals surface area (Å²) in [6.45, 7) is 3.92. The van der Waals surface area contributed by atoms with Gasteiger partial charge >= 0.3 is 0 Å². The average molecular weight is 542 g/mol. The number of ketones is 2. The monoisotopic (exact) mass is 541 g/mol. The van der Waals surface area contributed by atoms with Crippen LogP contribution in [0, 0.1) is 11.8 Å². The van der Waals surface area contributed by atoms with Crippen molar-refractivity contribution in [3.8, 4) is 5.75 Å². The highest BCUT2D eigenvalue weighted by Gasteiger charge is 2.68. The SMILES string of the molecule is C[C@@H]1c2ccc(CN3CCCCC3)c(O)c2C(O)=C2C(=O)[C@@]3(O)C(O)=C(C(N)=O)C(=O)[C@H](N(C)C)[C@H]3[C@H](O)[C@H]21. The number of hydrogen-bond donors (Lipinski definition) is 6. The second-order valence-corrected chi connectivity index (χ2v) is 11.4. The Morgan fingerprint density at radius 2 is 1.77 bits per heavy atom. The summed E-state index contributed by atoms with van der Waals surface area (Å²) in [6.07, 6.45) is 1.64. The predicted octanol–water partition coefficient (Wildman–Crippen LogP) is 0.482. The molecule has 39 heavy (non-hydrogen) atoms. The first-order chi connectivity index (χ1) is 18.3. The van der Waals surface area contributed by atoms with Crippen molar-refractivity contribution in [2.45, 2.75) is 56.4 Å². The molecule has 5 rings (SSSR count). The molecule has 1 aromatic carbocycles. The molecular weight excluding hydrogens is 506 g/mol. The van der Waals surface area contributed by atoms with Gasteiger partial charge in [-0.2, -0.15) is 0 Å². The van der Waals surface area contributed by atoms with Crippen molar-refractivity contribution in [2.75, 3.05) is 27.2 Å². The third-order valence-electron chi connectivity index (χ3n) is 9.06. The Morgan fingerprint density at radius 3 is 2.36 bits per heavy atom. The average Bonchev–Trinajstić information content (AvgIpc) is 2.87. The number of nitrogens with zero attached hydrogens (tertiary/aromatic N) is 2. The van der Waals surface area contributed by atoms with Gasteiger partial charge < -0.3 is 31.3 Å². The lowest BCUT2D eigenvalue weighted by Gasteiger charge is -2.53. The number of primary amides is 1. The number of phenolic OH excluding ortho intramolecular Hbond substituents is 1. The normalized spacial score (nSPS) is 33.2. The summed E-state index contributed by atoms with van der Waals surface area (Å²) in [6, 6.07) is 2.15. The highest BCUT2D eigenvalue weighted by molar-refractivity contribution is 6.24. The van der Waals surface area contributed by atoms with E-state index in [9.17, 15) is 39.9 Å². The molecule has 1 amide bonds. The van der Waals surface area contributed by atoms with E-state index in [0.29, 0.717) is 17.7 Å². The van der Waals surface area contributed by atoms with Gasteiger partial charge in [-0.1, -0.05) is 25.5 Å². The number of carbonyl (C=O) groups excluding carboxylic acids is 3. The molecule has 1 heterocycles. The zero-order valence-electron chi connectivity index (χ0n) is 22.2. The van der Waals surface area contributed by atoms with Gasteiger partial charge in [0.15, 0.2) is 11.4 Å². The smallest absolute Gasteiger partial charge is 0.255 e. The van der Waals surface area contributed by atoms with Gasteiger partial charge in [0.25, 0.3) is 5.91 Å². The summed E-state index contributed by atoms with van der Waals surface area (Å²) in [4.78, 5) is 43.0. The van der Waals surface area contributed by atoms with Crippen LogP contribution in [0.3, 0.4) is 0 Å². The van der Waals surface area contributed by atoms with Gasteiger partial charge in [-0.3, -0.25) is 24.2 Å². The highest BCUT2D eigenvalue weighted by atomic mass is 16.4. The summed E-state index contributed by atoms with van der Waals surface area (Å²) >= 11 is 0. The molecule has 0 aromatic heterocycles. The third kappa shape index (κ3) is 3.75. The number of amides is 1. The van der Waals surface area contributed by atoms with Gasteiger partial charge in [0.2, 0.25) is 5.78 Å². The molecule has 210 valence electrons. The number of aliphatic hydroxyl groups is 4. The number of likely N-dealkylation sites (N-methyl/N-ethyl adjacent to an activating group) is 1. The molecule has 3 aliphatic carbocycles. The number of aromatic hydroxyl groups is 1. The highest BCUT2D eigenvalue weighted by Crippen LogP contribution is 2.56. The van der Waals surface area contributed by atoms with Crippen LogP contribution in [0.1, 0.15) is 48.8 Å². The van der Waals surface area contributed by atoms with Crippen LogP contribution in [0.4, 0.5) is 0 Å². The molecule has 1 aliphatic heterocycles. The zero-order valence-corrected chi connectivity index (χ0v) is 22.2.